The summed E-state index contributed by atoms with van der Waals surface area (Å²) >= 11 is 5.88. The van der Waals surface area contributed by atoms with Crippen molar-refractivity contribution in [2.75, 3.05) is 6.54 Å². The van der Waals surface area contributed by atoms with Gasteiger partial charge in [-0.05, 0) is 36.8 Å². The number of rotatable bonds is 6. The second-order valence-electron chi connectivity index (χ2n) is 6.26. The van der Waals surface area contributed by atoms with E-state index in [0.717, 1.165) is 22.4 Å². The van der Waals surface area contributed by atoms with Crippen LogP contribution in [0.3, 0.4) is 0 Å². The van der Waals surface area contributed by atoms with Gasteiger partial charge in [-0.25, -0.2) is 9.48 Å². The zero-order valence-electron chi connectivity index (χ0n) is 14.9. The number of amides is 2. The summed E-state index contributed by atoms with van der Waals surface area (Å²) in [6.07, 6.45) is 2.78. The number of urea groups is 1. The normalized spacial score (nSPS) is 11.8. The third kappa shape index (κ3) is 5.32. The second kappa shape index (κ2) is 8.70. The fourth-order valence-electron chi connectivity index (χ4n) is 2.53. The van der Waals surface area contributed by atoms with E-state index in [1.807, 2.05) is 49.5 Å². The standard InChI is InChI=1S/C20H21ClN4O2/c1-14-2-4-16(5-3-14)19(26)12-23-20(27)22-10-15-11-24-25(13-15)18-8-6-17(21)7-9-18/h2-9,11,13,19,26H,10,12H2,1H3,(H2,22,23,27). The lowest BCUT2D eigenvalue weighted by Gasteiger charge is -2.13. The van der Waals surface area contributed by atoms with Crippen molar-refractivity contribution < 1.29 is 9.90 Å². The molecule has 0 aliphatic carbocycles. The average Bonchev–Trinajstić information content (AvgIpc) is 3.14. The van der Waals surface area contributed by atoms with E-state index in [0.29, 0.717) is 11.6 Å². The van der Waals surface area contributed by atoms with Crippen molar-refractivity contribution in [2.24, 2.45) is 0 Å². The molecule has 0 saturated heterocycles. The highest BCUT2D eigenvalue weighted by Crippen LogP contribution is 2.14. The van der Waals surface area contributed by atoms with Gasteiger partial charge in [0.15, 0.2) is 0 Å². The fraction of sp³-hybridized carbons (Fsp3) is 0.200. The zero-order valence-corrected chi connectivity index (χ0v) is 15.6. The van der Waals surface area contributed by atoms with Crippen molar-refractivity contribution in [1.29, 1.82) is 0 Å². The summed E-state index contributed by atoms with van der Waals surface area (Å²) in [5, 5.41) is 20.5. The van der Waals surface area contributed by atoms with Crippen LogP contribution in [0.1, 0.15) is 22.8 Å². The fourth-order valence-corrected chi connectivity index (χ4v) is 2.65. The lowest BCUT2D eigenvalue weighted by atomic mass is 10.1. The van der Waals surface area contributed by atoms with Crippen LogP contribution in [0.25, 0.3) is 5.69 Å². The molecule has 0 bridgehead atoms. The molecular formula is C20H21ClN4O2. The highest BCUT2D eigenvalue weighted by molar-refractivity contribution is 6.30. The monoisotopic (exact) mass is 384 g/mol. The molecule has 3 rings (SSSR count). The number of hydrogen-bond donors (Lipinski definition) is 3. The summed E-state index contributed by atoms with van der Waals surface area (Å²) in [6.45, 7) is 2.45. The van der Waals surface area contributed by atoms with Crippen molar-refractivity contribution >= 4 is 17.6 Å². The van der Waals surface area contributed by atoms with Gasteiger partial charge in [0.1, 0.15) is 0 Å². The van der Waals surface area contributed by atoms with Crippen LogP contribution in [0.2, 0.25) is 5.02 Å². The Morgan fingerprint density at radius 2 is 1.85 bits per heavy atom. The zero-order chi connectivity index (χ0) is 19.2. The topological polar surface area (TPSA) is 79.2 Å². The highest BCUT2D eigenvalue weighted by Gasteiger charge is 2.09. The van der Waals surface area contributed by atoms with Gasteiger partial charge >= 0.3 is 6.03 Å². The quantitative estimate of drug-likeness (QED) is 0.609. The van der Waals surface area contributed by atoms with E-state index in [2.05, 4.69) is 15.7 Å². The van der Waals surface area contributed by atoms with Gasteiger partial charge in [-0.15, -0.1) is 0 Å². The van der Waals surface area contributed by atoms with E-state index >= 15 is 0 Å². The van der Waals surface area contributed by atoms with Crippen LogP contribution >= 0.6 is 11.6 Å². The maximum atomic E-state index is 11.9. The molecule has 1 heterocycles. The molecule has 2 aromatic carbocycles. The van der Waals surface area contributed by atoms with Crippen LogP contribution in [0.4, 0.5) is 4.79 Å². The average molecular weight is 385 g/mol. The van der Waals surface area contributed by atoms with E-state index < -0.39 is 6.10 Å². The van der Waals surface area contributed by atoms with Gasteiger partial charge < -0.3 is 15.7 Å². The van der Waals surface area contributed by atoms with Crippen LogP contribution in [0.5, 0.6) is 0 Å². The van der Waals surface area contributed by atoms with Crippen molar-refractivity contribution in [3.63, 3.8) is 0 Å². The third-order valence-electron chi connectivity index (χ3n) is 4.10. The summed E-state index contributed by atoms with van der Waals surface area (Å²) in [5.74, 6) is 0. The number of aromatic nitrogens is 2. The third-order valence-corrected chi connectivity index (χ3v) is 4.35. The summed E-state index contributed by atoms with van der Waals surface area (Å²) in [6, 6.07) is 14.5. The second-order valence-corrected chi connectivity index (χ2v) is 6.70. The Kier molecular flexibility index (Phi) is 6.11. The smallest absolute Gasteiger partial charge is 0.315 e. The molecule has 0 aliphatic heterocycles. The minimum absolute atomic E-state index is 0.138. The van der Waals surface area contributed by atoms with Gasteiger partial charge in [0.2, 0.25) is 0 Å². The molecule has 3 aromatic rings. The van der Waals surface area contributed by atoms with Crippen LogP contribution < -0.4 is 10.6 Å². The number of aryl methyl sites for hydroxylation is 1. The maximum absolute atomic E-state index is 11.9. The number of carbonyl (C=O) groups is 1. The first kappa shape index (κ1) is 18.9. The van der Waals surface area contributed by atoms with Gasteiger partial charge in [0.25, 0.3) is 0 Å². The number of nitrogens with one attached hydrogen (secondary N) is 2. The van der Waals surface area contributed by atoms with Crippen molar-refractivity contribution in [3.05, 3.63) is 82.6 Å². The first-order chi connectivity index (χ1) is 13.0. The molecule has 0 aliphatic rings. The first-order valence-corrected chi connectivity index (χ1v) is 8.95. The van der Waals surface area contributed by atoms with Gasteiger partial charge in [-0.1, -0.05) is 41.4 Å². The van der Waals surface area contributed by atoms with Gasteiger partial charge in [-0.3, -0.25) is 0 Å². The minimum Gasteiger partial charge on any atom is -0.387 e. The molecule has 0 saturated carbocycles. The Morgan fingerprint density at radius 1 is 1.15 bits per heavy atom. The molecule has 1 aromatic heterocycles. The van der Waals surface area contributed by atoms with Crippen LogP contribution in [0.15, 0.2) is 60.9 Å². The molecule has 0 radical (unpaired) electrons. The lowest BCUT2D eigenvalue weighted by molar-refractivity contribution is 0.173. The van der Waals surface area contributed by atoms with E-state index in [1.54, 1.807) is 23.0 Å². The van der Waals surface area contributed by atoms with Crippen LogP contribution in [0, 0.1) is 6.92 Å². The summed E-state index contributed by atoms with van der Waals surface area (Å²) in [7, 11) is 0. The van der Waals surface area contributed by atoms with E-state index in [1.165, 1.54) is 0 Å². The van der Waals surface area contributed by atoms with Gasteiger partial charge in [0, 0.05) is 29.9 Å². The largest absolute Gasteiger partial charge is 0.387 e. The summed E-state index contributed by atoms with van der Waals surface area (Å²) < 4.78 is 1.71. The molecule has 7 heteroatoms. The first-order valence-electron chi connectivity index (χ1n) is 8.57. The molecule has 1 unspecified atom stereocenters. The molecule has 1 atom stereocenters. The van der Waals surface area contributed by atoms with Crippen LogP contribution in [-0.2, 0) is 6.54 Å². The Morgan fingerprint density at radius 3 is 2.56 bits per heavy atom. The molecular weight excluding hydrogens is 364 g/mol. The van der Waals surface area contributed by atoms with E-state index in [9.17, 15) is 9.90 Å². The number of hydrogen-bond acceptors (Lipinski definition) is 3. The number of aliphatic hydroxyl groups is 1. The van der Waals surface area contributed by atoms with Crippen molar-refractivity contribution in [2.45, 2.75) is 19.6 Å². The van der Waals surface area contributed by atoms with Crippen molar-refractivity contribution in [1.82, 2.24) is 20.4 Å². The molecule has 2 amide bonds. The summed E-state index contributed by atoms with van der Waals surface area (Å²) in [4.78, 5) is 11.9. The molecule has 3 N–H and O–H groups in total. The Hall–Kier alpha value is -2.83. The Balaban J connectivity index is 1.46. The van der Waals surface area contributed by atoms with E-state index in [-0.39, 0.29) is 12.6 Å². The highest BCUT2D eigenvalue weighted by atomic mass is 35.5. The molecule has 140 valence electrons. The maximum Gasteiger partial charge on any atom is 0.315 e. The Labute approximate surface area is 162 Å². The number of aliphatic hydroxyl groups excluding tert-OH is 1. The molecule has 6 nitrogen and oxygen atoms in total. The van der Waals surface area contributed by atoms with Gasteiger partial charge in [-0.2, -0.15) is 5.10 Å². The molecule has 0 spiro atoms. The Bertz CT molecular complexity index is 891. The van der Waals surface area contributed by atoms with Gasteiger partial charge in [0.05, 0.1) is 18.0 Å². The number of halogens is 1. The minimum atomic E-state index is -0.746. The SMILES string of the molecule is Cc1ccc(C(O)CNC(=O)NCc2cnn(-c3ccc(Cl)cc3)c2)cc1. The molecule has 0 fully saturated rings. The predicted molar refractivity (Wildman–Crippen MR) is 105 cm³/mol. The number of benzene rings is 2. The van der Waals surface area contributed by atoms with Crippen LogP contribution in [-0.4, -0.2) is 27.5 Å². The predicted octanol–water partition coefficient (Wildman–Crippen LogP) is 3.37. The van der Waals surface area contributed by atoms with Crippen molar-refractivity contribution in [3.8, 4) is 5.69 Å². The summed E-state index contributed by atoms with van der Waals surface area (Å²) in [5.41, 5.74) is 3.64. The molecule has 27 heavy (non-hydrogen) atoms. The number of carbonyl (C=O) groups excluding carboxylic acids is 1. The van der Waals surface area contributed by atoms with E-state index in [4.69, 9.17) is 11.6 Å². The number of nitrogens with zero attached hydrogens (tertiary/aromatic N) is 2. The lowest BCUT2D eigenvalue weighted by Crippen LogP contribution is -2.37.